The van der Waals surface area contributed by atoms with Crippen LogP contribution < -0.4 is 15.5 Å². The van der Waals surface area contributed by atoms with E-state index in [9.17, 15) is 9.59 Å². The molecule has 0 spiro atoms. The maximum Gasteiger partial charge on any atom is 0.323 e. The van der Waals surface area contributed by atoms with Gasteiger partial charge in [-0.15, -0.1) is 0 Å². The number of carbonyl (C=O) groups is 2. The van der Waals surface area contributed by atoms with E-state index in [1.807, 2.05) is 6.07 Å². The molecular weight excluding hydrogens is 551 g/mol. The van der Waals surface area contributed by atoms with Crippen LogP contribution >= 0.6 is 0 Å². The molecule has 216 valence electrons. The summed E-state index contributed by atoms with van der Waals surface area (Å²) >= 11 is 0. The topological polar surface area (TPSA) is 135 Å². The zero-order valence-corrected chi connectivity index (χ0v) is 23.2. The highest BCUT2D eigenvalue weighted by atomic mass is 19.1. The van der Waals surface area contributed by atoms with Gasteiger partial charge in [-0.2, -0.15) is 0 Å². The molecule has 1 saturated heterocycles. The molecule has 6 rings (SSSR count). The van der Waals surface area contributed by atoms with Crippen LogP contribution in [0, 0.1) is 5.82 Å². The highest BCUT2D eigenvalue weighted by Crippen LogP contribution is 2.31. The third-order valence-corrected chi connectivity index (χ3v) is 6.86. The molecule has 0 saturated carbocycles. The number of ketones is 1. The number of Topliss-reactive ketones (excluding diaryl/α,β-unsaturated/α-hetero) is 1. The van der Waals surface area contributed by atoms with Crippen molar-refractivity contribution in [3.8, 4) is 22.5 Å². The first-order valence-electron chi connectivity index (χ1n) is 13.6. The molecule has 1 fully saturated rings. The van der Waals surface area contributed by atoms with E-state index < -0.39 is 11.8 Å². The molecule has 0 aliphatic carbocycles. The molecule has 1 aliphatic heterocycles. The summed E-state index contributed by atoms with van der Waals surface area (Å²) in [4.78, 5) is 48.3. The van der Waals surface area contributed by atoms with Gasteiger partial charge in [0.2, 0.25) is 0 Å². The van der Waals surface area contributed by atoms with Crippen molar-refractivity contribution >= 4 is 40.0 Å². The van der Waals surface area contributed by atoms with E-state index in [0.29, 0.717) is 66.7 Å². The molecular formula is C31H27FN8O3. The Morgan fingerprint density at radius 3 is 2.40 bits per heavy atom. The smallest absolute Gasteiger partial charge is 0.323 e. The van der Waals surface area contributed by atoms with Crippen molar-refractivity contribution < 1.29 is 18.7 Å². The number of fused-ring (bicyclic) bond motifs is 1. The number of morpholine rings is 1. The average Bonchev–Trinajstić information content (AvgIpc) is 3.03. The summed E-state index contributed by atoms with van der Waals surface area (Å²) in [6, 6.07) is 12.6. The monoisotopic (exact) mass is 578 g/mol. The first-order valence-corrected chi connectivity index (χ1v) is 13.6. The van der Waals surface area contributed by atoms with Crippen LogP contribution in [-0.2, 0) is 16.0 Å². The Kier molecular flexibility index (Phi) is 7.92. The van der Waals surface area contributed by atoms with Crippen LogP contribution in [0.4, 0.5) is 26.4 Å². The molecule has 4 heterocycles. The molecule has 0 radical (unpaired) electrons. The number of benzene rings is 2. The fraction of sp³-hybridized carbons (Fsp3) is 0.194. The number of nitrogens with zero attached hydrogens (tertiary/aromatic N) is 6. The lowest BCUT2D eigenvalue weighted by Gasteiger charge is -2.28. The number of nitrogens with one attached hydrogen (secondary N) is 2. The minimum atomic E-state index is -0.644. The highest BCUT2D eigenvalue weighted by molar-refractivity contribution is 6.00. The number of aromatic nitrogens is 5. The number of urea groups is 1. The summed E-state index contributed by atoms with van der Waals surface area (Å²) in [5.74, 6) is 0.357. The van der Waals surface area contributed by atoms with Crippen LogP contribution in [0.1, 0.15) is 12.5 Å². The van der Waals surface area contributed by atoms with Crippen molar-refractivity contribution in [1.29, 1.82) is 0 Å². The predicted molar refractivity (Wildman–Crippen MR) is 160 cm³/mol. The van der Waals surface area contributed by atoms with Gasteiger partial charge in [-0.3, -0.25) is 9.78 Å². The first-order chi connectivity index (χ1) is 20.9. The van der Waals surface area contributed by atoms with Crippen molar-refractivity contribution in [3.05, 3.63) is 84.8 Å². The molecule has 11 nitrogen and oxygen atoms in total. The number of amides is 2. The van der Waals surface area contributed by atoms with Gasteiger partial charge >= 0.3 is 6.03 Å². The van der Waals surface area contributed by atoms with Gasteiger partial charge in [-0.1, -0.05) is 12.1 Å². The minimum absolute atomic E-state index is 0.00308. The third kappa shape index (κ3) is 6.44. The number of halogens is 1. The Morgan fingerprint density at radius 2 is 1.67 bits per heavy atom. The van der Waals surface area contributed by atoms with Gasteiger partial charge in [0, 0.05) is 60.5 Å². The van der Waals surface area contributed by atoms with Crippen LogP contribution in [0.15, 0.2) is 73.4 Å². The predicted octanol–water partition coefficient (Wildman–Crippen LogP) is 4.90. The summed E-state index contributed by atoms with van der Waals surface area (Å²) in [5, 5.41) is 5.21. The maximum atomic E-state index is 15.3. The van der Waals surface area contributed by atoms with Crippen molar-refractivity contribution in [1.82, 2.24) is 24.9 Å². The molecule has 3 aromatic heterocycles. The molecule has 2 aromatic carbocycles. The average molecular weight is 579 g/mol. The molecule has 5 aromatic rings. The highest BCUT2D eigenvalue weighted by Gasteiger charge is 2.20. The normalized spacial score (nSPS) is 13.1. The van der Waals surface area contributed by atoms with Crippen LogP contribution in [0.25, 0.3) is 33.5 Å². The Labute approximate surface area is 246 Å². The lowest BCUT2D eigenvalue weighted by atomic mass is 10.1. The molecule has 0 unspecified atom stereocenters. The van der Waals surface area contributed by atoms with E-state index in [-0.39, 0.29) is 11.5 Å². The Balaban J connectivity index is 1.27. The number of ether oxygens (including phenoxy) is 1. The van der Waals surface area contributed by atoms with Crippen molar-refractivity contribution in [2.45, 2.75) is 13.3 Å². The largest absolute Gasteiger partial charge is 0.378 e. The van der Waals surface area contributed by atoms with Gasteiger partial charge < -0.3 is 20.3 Å². The lowest BCUT2D eigenvalue weighted by molar-refractivity contribution is -0.116. The fourth-order valence-corrected chi connectivity index (χ4v) is 4.77. The second kappa shape index (κ2) is 12.2. The fourth-order valence-electron chi connectivity index (χ4n) is 4.77. The summed E-state index contributed by atoms with van der Waals surface area (Å²) in [7, 11) is 0. The zero-order valence-electron chi connectivity index (χ0n) is 23.2. The van der Waals surface area contributed by atoms with E-state index in [0.717, 1.165) is 16.7 Å². The van der Waals surface area contributed by atoms with E-state index in [2.05, 4.69) is 30.5 Å². The maximum absolute atomic E-state index is 15.3. The molecule has 0 atom stereocenters. The molecule has 1 aliphatic rings. The summed E-state index contributed by atoms with van der Waals surface area (Å²) in [6.07, 6.45) is 6.90. The summed E-state index contributed by atoms with van der Waals surface area (Å²) < 4.78 is 20.8. The number of hydrogen-bond donors (Lipinski definition) is 2. The summed E-state index contributed by atoms with van der Waals surface area (Å²) in [5.41, 5.74) is 4.57. The van der Waals surface area contributed by atoms with Crippen molar-refractivity contribution in [2.24, 2.45) is 0 Å². The number of carbonyl (C=O) groups excluding carboxylic acids is 2. The van der Waals surface area contributed by atoms with Gasteiger partial charge in [0.25, 0.3) is 0 Å². The number of anilines is 3. The first kappa shape index (κ1) is 27.8. The summed E-state index contributed by atoms with van der Waals surface area (Å²) in [6.45, 7) is 3.89. The Hall–Kier alpha value is -5.36. The van der Waals surface area contributed by atoms with Gasteiger partial charge in [0.1, 0.15) is 23.4 Å². The second-order valence-electron chi connectivity index (χ2n) is 10.0. The minimum Gasteiger partial charge on any atom is -0.378 e. The number of pyridine rings is 1. The van der Waals surface area contributed by atoms with Gasteiger partial charge in [-0.05, 0) is 48.9 Å². The molecule has 2 amide bonds. The van der Waals surface area contributed by atoms with Crippen LogP contribution in [0.3, 0.4) is 0 Å². The molecule has 12 heteroatoms. The zero-order chi connectivity index (χ0) is 29.8. The van der Waals surface area contributed by atoms with Crippen LogP contribution in [-0.4, -0.2) is 63.0 Å². The lowest BCUT2D eigenvalue weighted by Crippen LogP contribution is -2.37. The second-order valence-corrected chi connectivity index (χ2v) is 10.0. The van der Waals surface area contributed by atoms with Gasteiger partial charge in [0.05, 0.1) is 24.4 Å². The Bertz CT molecular complexity index is 1800. The molecule has 2 N–H and O–H groups in total. The van der Waals surface area contributed by atoms with Crippen molar-refractivity contribution in [3.63, 3.8) is 0 Å². The molecule has 0 bridgehead atoms. The Morgan fingerprint density at radius 1 is 0.907 bits per heavy atom. The van der Waals surface area contributed by atoms with E-state index in [1.165, 1.54) is 25.4 Å². The quantitative estimate of drug-likeness (QED) is 0.276. The van der Waals surface area contributed by atoms with Crippen LogP contribution in [0.2, 0.25) is 0 Å². The van der Waals surface area contributed by atoms with Crippen molar-refractivity contribution in [2.75, 3.05) is 41.8 Å². The SMILES string of the molecule is CC(=O)Cc1ccc(NC(=O)Nc2ccc(-c3nc(N4CCOCC4)c4ncc(-c5cncnc5)cc4n3)cc2F)cc1. The van der Waals surface area contributed by atoms with Gasteiger partial charge in [0.15, 0.2) is 11.6 Å². The van der Waals surface area contributed by atoms with E-state index in [1.54, 1.807) is 48.9 Å². The molecule has 43 heavy (non-hydrogen) atoms. The number of rotatable bonds is 7. The standard InChI is InChI=1S/C31H27FN8O3/c1-19(41)12-20-2-5-24(6-3-20)36-31(42)38-26-7-4-21(13-25(26)32)29-37-27-14-22(23-15-33-18-34-16-23)17-35-28(27)30(39-29)40-8-10-43-11-9-40/h2-7,13-18H,8-12H2,1H3,(H2,36,38,42). The van der Waals surface area contributed by atoms with E-state index in [4.69, 9.17) is 14.7 Å². The van der Waals surface area contributed by atoms with Gasteiger partial charge in [-0.25, -0.2) is 29.1 Å². The van der Waals surface area contributed by atoms with Crippen LogP contribution in [0.5, 0.6) is 0 Å². The number of hydrogen-bond acceptors (Lipinski definition) is 9. The third-order valence-electron chi connectivity index (χ3n) is 6.86. The van der Waals surface area contributed by atoms with E-state index >= 15 is 4.39 Å².